The van der Waals surface area contributed by atoms with Crippen LogP contribution in [0.1, 0.15) is 91.9 Å². The predicted molar refractivity (Wildman–Crippen MR) is 237 cm³/mol. The molecular weight excluding hydrogens is 851 g/mol. The number of carbonyl (C=O) groups is 2. The Hall–Kier alpha value is -3.18. The van der Waals surface area contributed by atoms with Gasteiger partial charge in [0, 0.05) is 31.1 Å². The number of rotatable bonds is 3. The van der Waals surface area contributed by atoms with Crippen LogP contribution in [0.15, 0.2) is 72.9 Å². The monoisotopic (exact) mass is 926 g/mol. The topological polar surface area (TPSA) is 320 Å². The van der Waals surface area contributed by atoms with Gasteiger partial charge in [-0.2, -0.15) is 0 Å². The summed E-state index contributed by atoms with van der Waals surface area (Å²) in [5.41, 5.74) is 6.02. The van der Waals surface area contributed by atoms with E-state index in [0.717, 1.165) is 12.8 Å². The van der Waals surface area contributed by atoms with Crippen molar-refractivity contribution < 1.29 is 84.7 Å². The third kappa shape index (κ3) is 18.8. The Morgan fingerprint density at radius 2 is 1.28 bits per heavy atom. The number of hydrogen-bond donors (Lipinski definition) is 12. The second kappa shape index (κ2) is 27.6. The highest BCUT2D eigenvalue weighted by Crippen LogP contribution is 2.38. The molecule has 3 aliphatic heterocycles. The first-order valence-corrected chi connectivity index (χ1v) is 22.6. The number of ether oxygens (including phenoxy) is 4. The van der Waals surface area contributed by atoms with E-state index in [1.165, 1.54) is 13.0 Å². The van der Waals surface area contributed by atoms with Crippen molar-refractivity contribution in [3.8, 4) is 0 Å². The first-order chi connectivity index (χ1) is 30.6. The molecule has 2 fully saturated rings. The standard InChI is InChI=1S/C47H75NO17/c1-27-17-15-13-11-9-7-5-6-8-10-12-14-16-18-34(64-46-44(58)41(48)43(57)30(4)63-46)24-38-40(45(59)60)37(54)26-47(61,65-38)25-36(53)35(52)20-19-31(49)21-32(50)22-33(51)23-39(55)62-29(3)28(2)42(27)56/h5-6,8,10-18,27-38,40-44,46,49-54,56-58,61H,7,9,19-26,48H2,1-4H3,(H,59,60)/b6-5+,10-8+,13-11+,14-12+,17-15+,18-16-/t27-,28-,29-,30+,31+,32+,33+,34-,35+,36+,37-,38-,40+,41-,42+,43+,44-,46-,47+/m0/s1. The fourth-order valence-electron chi connectivity index (χ4n) is 8.11. The molecule has 370 valence electrons. The van der Waals surface area contributed by atoms with Crippen molar-refractivity contribution in [3.05, 3.63) is 72.9 Å². The lowest BCUT2D eigenvalue weighted by Crippen LogP contribution is -2.61. The molecule has 0 radical (unpaired) electrons. The van der Waals surface area contributed by atoms with E-state index in [-0.39, 0.29) is 38.0 Å². The molecule has 3 heterocycles. The Labute approximate surface area is 381 Å². The molecule has 3 rings (SSSR count). The molecule has 13 N–H and O–H groups in total. The van der Waals surface area contributed by atoms with Gasteiger partial charge in [-0.3, -0.25) is 9.59 Å². The smallest absolute Gasteiger partial charge is 0.311 e. The van der Waals surface area contributed by atoms with Crippen molar-refractivity contribution in [2.45, 2.75) is 189 Å². The molecule has 3 aliphatic rings. The van der Waals surface area contributed by atoms with Crippen LogP contribution < -0.4 is 5.73 Å². The van der Waals surface area contributed by atoms with Crippen LogP contribution in [0, 0.1) is 17.8 Å². The summed E-state index contributed by atoms with van der Waals surface area (Å²) in [5, 5.41) is 118. The molecule has 0 saturated carbocycles. The molecule has 19 atom stereocenters. The van der Waals surface area contributed by atoms with Crippen molar-refractivity contribution >= 4 is 11.9 Å². The van der Waals surface area contributed by atoms with Gasteiger partial charge in [0.2, 0.25) is 0 Å². The van der Waals surface area contributed by atoms with Gasteiger partial charge < -0.3 is 80.9 Å². The molecule has 0 aromatic rings. The highest BCUT2D eigenvalue weighted by Gasteiger charge is 2.51. The molecule has 65 heavy (non-hydrogen) atoms. The number of esters is 1. The molecule has 2 bridgehead atoms. The van der Waals surface area contributed by atoms with Crippen LogP contribution in [0.25, 0.3) is 0 Å². The van der Waals surface area contributed by atoms with Gasteiger partial charge in [0.1, 0.15) is 18.1 Å². The number of cyclic esters (lactones) is 1. The summed E-state index contributed by atoms with van der Waals surface area (Å²) in [5.74, 6) is -6.82. The number of nitrogens with two attached hydrogens (primary N) is 1. The Balaban J connectivity index is 1.84. The number of carbonyl (C=O) groups excluding carboxylic acids is 1. The minimum Gasteiger partial charge on any atom is -0.481 e. The van der Waals surface area contributed by atoms with Crippen molar-refractivity contribution in [1.82, 2.24) is 0 Å². The van der Waals surface area contributed by atoms with Crippen LogP contribution in [0.2, 0.25) is 0 Å². The van der Waals surface area contributed by atoms with Gasteiger partial charge in [-0.05, 0) is 52.4 Å². The summed E-state index contributed by atoms with van der Waals surface area (Å²) >= 11 is 0. The van der Waals surface area contributed by atoms with Gasteiger partial charge in [0.05, 0.1) is 79.6 Å². The number of carboxylic acid groups (broad SMARTS) is 1. The number of aliphatic carboxylic acids is 1. The Morgan fingerprint density at radius 1 is 0.692 bits per heavy atom. The van der Waals surface area contributed by atoms with Gasteiger partial charge in [0.25, 0.3) is 0 Å². The minimum atomic E-state index is -2.35. The van der Waals surface area contributed by atoms with Crippen molar-refractivity contribution in [2.75, 3.05) is 0 Å². The van der Waals surface area contributed by atoms with E-state index in [4.69, 9.17) is 24.7 Å². The number of aliphatic hydroxyl groups excluding tert-OH is 9. The predicted octanol–water partition coefficient (Wildman–Crippen LogP) is 0.936. The molecule has 0 amide bonds. The summed E-state index contributed by atoms with van der Waals surface area (Å²) in [6.07, 6.45) is 2.28. The third-order valence-electron chi connectivity index (χ3n) is 12.2. The van der Waals surface area contributed by atoms with Crippen LogP contribution in [0.5, 0.6) is 0 Å². The Bertz CT molecular complexity index is 1620. The normalized spacial score (nSPS) is 45.2. The maximum Gasteiger partial charge on any atom is 0.311 e. The zero-order valence-electron chi connectivity index (χ0n) is 37.8. The van der Waals surface area contributed by atoms with E-state index in [1.807, 2.05) is 49.5 Å². The molecule has 0 aromatic heterocycles. The zero-order chi connectivity index (χ0) is 48.4. The molecule has 0 unspecified atom stereocenters. The van der Waals surface area contributed by atoms with Gasteiger partial charge >= 0.3 is 11.9 Å². The van der Waals surface area contributed by atoms with Crippen molar-refractivity contribution in [2.24, 2.45) is 23.5 Å². The number of carboxylic acids is 1. The zero-order valence-corrected chi connectivity index (χ0v) is 37.8. The van der Waals surface area contributed by atoms with E-state index in [2.05, 4.69) is 0 Å². The lowest BCUT2D eigenvalue weighted by molar-refractivity contribution is -0.310. The van der Waals surface area contributed by atoms with Crippen LogP contribution >= 0.6 is 0 Å². The first-order valence-electron chi connectivity index (χ1n) is 22.6. The van der Waals surface area contributed by atoms with Crippen LogP contribution in [0.3, 0.4) is 0 Å². The van der Waals surface area contributed by atoms with Gasteiger partial charge in [0.15, 0.2) is 12.1 Å². The summed E-state index contributed by atoms with van der Waals surface area (Å²) < 4.78 is 23.2. The summed E-state index contributed by atoms with van der Waals surface area (Å²) in [4.78, 5) is 25.1. The molecule has 0 aromatic carbocycles. The van der Waals surface area contributed by atoms with E-state index in [0.29, 0.717) is 0 Å². The highest BCUT2D eigenvalue weighted by atomic mass is 16.7. The van der Waals surface area contributed by atoms with Crippen molar-refractivity contribution in [1.29, 1.82) is 0 Å². The van der Waals surface area contributed by atoms with Gasteiger partial charge in [-0.25, -0.2) is 0 Å². The summed E-state index contributed by atoms with van der Waals surface area (Å²) in [6, 6.07) is -1.14. The average molecular weight is 926 g/mol. The minimum absolute atomic E-state index is 0.138. The second-order valence-corrected chi connectivity index (χ2v) is 17.8. The van der Waals surface area contributed by atoms with Gasteiger partial charge in [-0.1, -0.05) is 86.8 Å². The van der Waals surface area contributed by atoms with Crippen LogP contribution in [-0.2, 0) is 28.5 Å². The molecule has 18 nitrogen and oxygen atoms in total. The summed E-state index contributed by atoms with van der Waals surface area (Å²) in [6.45, 7) is 6.78. The Kier molecular flexibility index (Phi) is 23.8. The number of fused-ring (bicyclic) bond motifs is 2. The summed E-state index contributed by atoms with van der Waals surface area (Å²) in [7, 11) is 0. The number of hydrogen-bond acceptors (Lipinski definition) is 17. The van der Waals surface area contributed by atoms with E-state index >= 15 is 0 Å². The molecule has 2 saturated heterocycles. The lowest BCUT2D eigenvalue weighted by Gasteiger charge is -2.45. The molecular formula is C47H75NO17. The van der Waals surface area contributed by atoms with Crippen LogP contribution in [0.4, 0.5) is 0 Å². The third-order valence-corrected chi connectivity index (χ3v) is 12.2. The fraction of sp³-hybridized carbons (Fsp3) is 0.702. The highest BCUT2D eigenvalue weighted by molar-refractivity contribution is 5.71. The maximum absolute atomic E-state index is 12.6. The lowest BCUT2D eigenvalue weighted by atomic mass is 9.82. The van der Waals surface area contributed by atoms with E-state index < -0.39 is 141 Å². The first kappa shape index (κ1) is 56.1. The Morgan fingerprint density at radius 3 is 1.94 bits per heavy atom. The SMILES string of the molecule is C[C@@H]1[C@H](O)[C@@H](C)/C=C/C=C/CC/C=C/C=C/C=C/C=C\[C@H](O[C@@H]2O[C@H](C)[C@@H](O)[C@H](N)[C@@H]2O)C[C@@H]2O[C@](O)(C[C@@H](O)[C@H](O)CC[C@@H](O)C[C@@H](O)C[C@@H](O)CC(=O)O[C@H]1C)C[C@H](O)[C@H]2C(=O)O. The van der Waals surface area contributed by atoms with Crippen molar-refractivity contribution in [3.63, 3.8) is 0 Å². The van der Waals surface area contributed by atoms with Crippen LogP contribution in [-0.4, -0.2) is 166 Å². The molecule has 0 spiro atoms. The maximum atomic E-state index is 12.6. The number of allylic oxidation sites excluding steroid dienone is 10. The quantitative estimate of drug-likeness (QED) is 0.175. The number of aliphatic hydroxyl groups is 10. The molecule has 18 heteroatoms. The van der Waals surface area contributed by atoms with Gasteiger partial charge in [-0.15, -0.1) is 0 Å². The fourth-order valence-corrected chi connectivity index (χ4v) is 8.11. The largest absolute Gasteiger partial charge is 0.481 e. The average Bonchev–Trinajstić information content (AvgIpc) is 3.21. The van der Waals surface area contributed by atoms with E-state index in [1.54, 1.807) is 38.2 Å². The molecule has 0 aliphatic carbocycles. The second-order valence-electron chi connectivity index (χ2n) is 17.8. The van der Waals surface area contributed by atoms with E-state index in [9.17, 15) is 65.8 Å².